The highest BCUT2D eigenvalue weighted by molar-refractivity contribution is 7.92. The van der Waals surface area contributed by atoms with Gasteiger partial charge in [-0.05, 0) is 98.3 Å². The van der Waals surface area contributed by atoms with Crippen molar-refractivity contribution >= 4 is 32.6 Å². The third-order valence-electron chi connectivity index (χ3n) is 6.72. The van der Waals surface area contributed by atoms with Crippen LogP contribution in [-0.2, 0) is 10.0 Å². The molecule has 1 aromatic heterocycles. The summed E-state index contributed by atoms with van der Waals surface area (Å²) in [6.45, 7) is 0.736. The molecule has 3 aromatic carbocycles. The SMILES string of the molecule is CS(=O)(=O)N(CCCCN)c1cc2oc(-c3ccc(Oc4ccc(F)cc4)cc3)c(C(=O)O)c2cc1C1CC1. The molecule has 0 atom stereocenters. The summed E-state index contributed by atoms with van der Waals surface area (Å²) in [4.78, 5) is 12.4. The monoisotopic (exact) mass is 552 g/mol. The number of furan rings is 1. The van der Waals surface area contributed by atoms with E-state index in [0.29, 0.717) is 53.1 Å². The fourth-order valence-electron chi connectivity index (χ4n) is 4.68. The van der Waals surface area contributed by atoms with Crippen molar-refractivity contribution in [3.05, 3.63) is 77.6 Å². The van der Waals surface area contributed by atoms with E-state index in [4.69, 9.17) is 14.9 Å². The number of ether oxygens (including phenoxy) is 1. The average molecular weight is 553 g/mol. The lowest BCUT2D eigenvalue weighted by molar-refractivity contribution is 0.0699. The van der Waals surface area contributed by atoms with Crippen LogP contribution in [0.3, 0.4) is 0 Å². The lowest BCUT2D eigenvalue weighted by Gasteiger charge is -2.25. The standard InChI is InChI=1S/C29H29FN2O6S/c1-39(35,36)32(15-3-2-14-31)25-17-26-24(16-23(25)18-4-5-18)27(29(33)34)28(38-26)19-6-10-21(11-7-19)37-22-12-8-20(30)9-13-22/h6-13,16-18H,2-5,14-15,31H2,1H3,(H,33,34). The molecular weight excluding hydrogens is 523 g/mol. The second-order valence-corrected chi connectivity index (χ2v) is 11.6. The van der Waals surface area contributed by atoms with Crippen molar-refractivity contribution in [3.63, 3.8) is 0 Å². The summed E-state index contributed by atoms with van der Waals surface area (Å²) < 4.78 is 51.9. The van der Waals surface area contributed by atoms with Gasteiger partial charge in [0.25, 0.3) is 0 Å². The predicted octanol–water partition coefficient (Wildman–Crippen LogP) is 6.11. The fourth-order valence-corrected chi connectivity index (χ4v) is 5.66. The van der Waals surface area contributed by atoms with Crippen molar-refractivity contribution in [3.8, 4) is 22.8 Å². The summed E-state index contributed by atoms with van der Waals surface area (Å²) in [5.41, 5.74) is 7.77. The first kappa shape index (κ1) is 26.7. The minimum absolute atomic E-state index is 0.0136. The fraction of sp³-hybridized carbons (Fsp3) is 0.276. The van der Waals surface area contributed by atoms with Crippen molar-refractivity contribution in [1.29, 1.82) is 0 Å². The summed E-state index contributed by atoms with van der Waals surface area (Å²) in [6, 6.07) is 15.7. The topological polar surface area (TPSA) is 123 Å². The van der Waals surface area contributed by atoms with Crippen LogP contribution in [0.15, 0.2) is 65.1 Å². The smallest absolute Gasteiger partial charge is 0.340 e. The molecule has 4 aromatic rings. The second kappa shape index (κ2) is 10.7. The predicted molar refractivity (Wildman–Crippen MR) is 148 cm³/mol. The molecule has 0 saturated heterocycles. The molecule has 0 aliphatic heterocycles. The minimum atomic E-state index is -3.60. The van der Waals surface area contributed by atoms with E-state index < -0.39 is 16.0 Å². The minimum Gasteiger partial charge on any atom is -0.478 e. The summed E-state index contributed by atoms with van der Waals surface area (Å²) in [7, 11) is -3.60. The lowest BCUT2D eigenvalue weighted by Crippen LogP contribution is -2.32. The van der Waals surface area contributed by atoms with E-state index in [1.54, 1.807) is 36.4 Å². The Labute approximate surface area is 225 Å². The van der Waals surface area contributed by atoms with Gasteiger partial charge in [0.05, 0.1) is 11.9 Å². The maximum Gasteiger partial charge on any atom is 0.340 e. The molecule has 39 heavy (non-hydrogen) atoms. The van der Waals surface area contributed by atoms with Crippen molar-refractivity contribution in [2.75, 3.05) is 23.7 Å². The van der Waals surface area contributed by atoms with E-state index in [0.717, 1.165) is 18.4 Å². The van der Waals surface area contributed by atoms with Gasteiger partial charge in [-0.2, -0.15) is 0 Å². The normalized spacial score (nSPS) is 13.5. The Balaban J connectivity index is 1.56. The van der Waals surface area contributed by atoms with Crippen LogP contribution in [0.4, 0.5) is 10.1 Å². The van der Waals surface area contributed by atoms with Gasteiger partial charge in [-0.15, -0.1) is 0 Å². The molecule has 0 bridgehead atoms. The molecule has 1 heterocycles. The number of sulfonamides is 1. The number of aromatic carboxylic acids is 1. The molecule has 0 amide bonds. The van der Waals surface area contributed by atoms with Gasteiger partial charge in [0.2, 0.25) is 10.0 Å². The zero-order valence-electron chi connectivity index (χ0n) is 21.4. The first-order chi connectivity index (χ1) is 18.7. The molecule has 1 saturated carbocycles. The molecule has 3 N–H and O–H groups in total. The molecule has 8 nitrogen and oxygen atoms in total. The third-order valence-corrected chi connectivity index (χ3v) is 7.90. The third kappa shape index (κ3) is 5.76. The zero-order chi connectivity index (χ0) is 27.7. The Hall–Kier alpha value is -3.89. The highest BCUT2D eigenvalue weighted by atomic mass is 32.2. The van der Waals surface area contributed by atoms with E-state index in [1.807, 2.05) is 0 Å². The Morgan fingerprint density at radius 2 is 1.72 bits per heavy atom. The molecule has 1 aliphatic rings. The van der Waals surface area contributed by atoms with Crippen molar-refractivity contribution < 1.29 is 31.9 Å². The van der Waals surface area contributed by atoms with Gasteiger partial charge in [-0.1, -0.05) is 0 Å². The Morgan fingerprint density at radius 1 is 1.08 bits per heavy atom. The number of hydrogen-bond donors (Lipinski definition) is 2. The van der Waals surface area contributed by atoms with Gasteiger partial charge in [-0.25, -0.2) is 17.6 Å². The Bertz CT molecular complexity index is 1610. The molecule has 5 rings (SSSR count). The van der Waals surface area contributed by atoms with E-state index in [2.05, 4.69) is 0 Å². The largest absolute Gasteiger partial charge is 0.478 e. The van der Waals surface area contributed by atoms with Gasteiger partial charge >= 0.3 is 5.97 Å². The molecule has 1 fully saturated rings. The maximum atomic E-state index is 13.2. The van der Waals surface area contributed by atoms with Gasteiger partial charge in [0, 0.05) is 23.6 Å². The van der Waals surface area contributed by atoms with Crippen molar-refractivity contribution in [1.82, 2.24) is 0 Å². The lowest BCUT2D eigenvalue weighted by atomic mass is 10.0. The summed E-state index contributed by atoms with van der Waals surface area (Å²) in [6.07, 6.45) is 4.26. The second-order valence-electron chi connectivity index (χ2n) is 9.70. The van der Waals surface area contributed by atoms with Gasteiger partial charge in [-0.3, -0.25) is 4.31 Å². The summed E-state index contributed by atoms with van der Waals surface area (Å²) in [5, 5.41) is 10.6. The highest BCUT2D eigenvalue weighted by Gasteiger charge is 2.33. The molecule has 204 valence electrons. The van der Waals surface area contributed by atoms with Crippen LogP contribution in [0.25, 0.3) is 22.3 Å². The van der Waals surface area contributed by atoms with Crippen LogP contribution in [0.1, 0.15) is 47.5 Å². The van der Waals surface area contributed by atoms with E-state index in [1.165, 1.54) is 34.8 Å². The van der Waals surface area contributed by atoms with E-state index in [-0.39, 0.29) is 29.6 Å². The average Bonchev–Trinajstić information content (AvgIpc) is 3.67. The first-order valence-corrected chi connectivity index (χ1v) is 14.6. The van der Waals surface area contributed by atoms with Crippen LogP contribution >= 0.6 is 0 Å². The van der Waals surface area contributed by atoms with E-state index >= 15 is 0 Å². The van der Waals surface area contributed by atoms with Crippen LogP contribution in [0.5, 0.6) is 11.5 Å². The Morgan fingerprint density at radius 3 is 2.28 bits per heavy atom. The van der Waals surface area contributed by atoms with Gasteiger partial charge in [0.1, 0.15) is 34.2 Å². The van der Waals surface area contributed by atoms with Crippen molar-refractivity contribution in [2.24, 2.45) is 5.73 Å². The number of unbranched alkanes of at least 4 members (excludes halogenated alkanes) is 1. The van der Waals surface area contributed by atoms with Crippen LogP contribution in [0, 0.1) is 5.82 Å². The number of nitrogens with zero attached hydrogens (tertiary/aromatic N) is 1. The zero-order valence-corrected chi connectivity index (χ0v) is 22.2. The number of fused-ring (bicyclic) bond motifs is 1. The van der Waals surface area contributed by atoms with Crippen LogP contribution in [0.2, 0.25) is 0 Å². The maximum absolute atomic E-state index is 13.2. The first-order valence-electron chi connectivity index (χ1n) is 12.7. The number of anilines is 1. The van der Waals surface area contributed by atoms with Crippen LogP contribution < -0.4 is 14.8 Å². The summed E-state index contributed by atoms with van der Waals surface area (Å²) >= 11 is 0. The van der Waals surface area contributed by atoms with Crippen molar-refractivity contribution in [2.45, 2.75) is 31.6 Å². The van der Waals surface area contributed by atoms with Gasteiger partial charge < -0.3 is 20.0 Å². The molecule has 0 unspecified atom stereocenters. The number of benzene rings is 3. The molecule has 1 aliphatic carbocycles. The number of rotatable bonds is 11. The number of halogens is 1. The van der Waals surface area contributed by atoms with Gasteiger partial charge in [0.15, 0.2) is 0 Å². The number of carbonyl (C=O) groups is 1. The summed E-state index contributed by atoms with van der Waals surface area (Å²) in [5.74, 6) is -0.247. The molecule has 0 spiro atoms. The number of carboxylic acids is 1. The van der Waals surface area contributed by atoms with E-state index in [9.17, 15) is 22.7 Å². The number of nitrogens with two attached hydrogens (primary N) is 1. The molecule has 10 heteroatoms. The number of hydrogen-bond acceptors (Lipinski definition) is 6. The highest BCUT2D eigenvalue weighted by Crippen LogP contribution is 2.48. The van der Waals surface area contributed by atoms with Crippen LogP contribution in [-0.4, -0.2) is 38.8 Å². The number of carboxylic acid groups (broad SMARTS) is 1. The molecular formula is C29H29FN2O6S. The molecule has 0 radical (unpaired) electrons. The quantitative estimate of drug-likeness (QED) is 0.215. The Kier molecular flexibility index (Phi) is 7.33.